The molecule has 0 N–H and O–H groups in total. The lowest BCUT2D eigenvalue weighted by molar-refractivity contribution is -0.823. The normalized spacial score (nSPS) is 25.3. The summed E-state index contributed by atoms with van der Waals surface area (Å²) in [5.41, 5.74) is -0.842. The molecule has 1 rings (SSSR count). The van der Waals surface area contributed by atoms with Gasteiger partial charge in [-0.15, -0.1) is 15.2 Å². The lowest BCUT2D eigenvalue weighted by atomic mass is 9.80. The Morgan fingerprint density at radius 2 is 1.69 bits per heavy atom. The molecule has 6 heteroatoms. The number of hydrogen-bond acceptors (Lipinski definition) is 5. The molecule has 0 aromatic rings. The highest BCUT2D eigenvalue weighted by atomic mass is 17.0. The highest BCUT2D eigenvalue weighted by molar-refractivity contribution is 4.96. The van der Waals surface area contributed by atoms with Gasteiger partial charge >= 0.3 is 5.09 Å². The Morgan fingerprint density at radius 3 is 2.00 bits per heavy atom. The molecular formula is C10H20N2O4. The van der Waals surface area contributed by atoms with Crippen molar-refractivity contribution in [3.8, 4) is 0 Å². The summed E-state index contributed by atoms with van der Waals surface area (Å²) in [5, 5.41) is 11.2. The molecule has 1 aliphatic heterocycles. The predicted molar refractivity (Wildman–Crippen MR) is 58.1 cm³/mol. The molecule has 1 fully saturated rings. The second-order valence-corrected chi connectivity index (χ2v) is 5.49. The molecule has 16 heavy (non-hydrogen) atoms. The van der Waals surface area contributed by atoms with E-state index in [0.717, 1.165) is 0 Å². The fraction of sp³-hybridized carbons (Fsp3) is 1.00. The topological polar surface area (TPSA) is 64.8 Å². The predicted octanol–water partition coefficient (Wildman–Crippen LogP) is 1.78. The van der Waals surface area contributed by atoms with E-state index in [1.807, 2.05) is 27.7 Å². The number of nitrogens with zero attached hydrogens (tertiary/aromatic N) is 2. The van der Waals surface area contributed by atoms with E-state index < -0.39 is 16.2 Å². The van der Waals surface area contributed by atoms with Gasteiger partial charge in [-0.1, -0.05) is 0 Å². The van der Waals surface area contributed by atoms with Crippen LogP contribution in [-0.2, 0) is 9.68 Å². The molecule has 0 atom stereocenters. The Kier molecular flexibility index (Phi) is 3.44. The van der Waals surface area contributed by atoms with Crippen molar-refractivity contribution >= 4 is 0 Å². The van der Waals surface area contributed by atoms with Gasteiger partial charge in [-0.25, -0.2) is 4.94 Å². The molecule has 0 aromatic carbocycles. The SMILES string of the molecule is COC1CC(C)(C)N(O[N+](=O)[O-])C(C)(C)C1. The van der Waals surface area contributed by atoms with Gasteiger partial charge in [0.2, 0.25) is 0 Å². The third kappa shape index (κ3) is 2.62. The number of piperidine rings is 1. The second kappa shape index (κ2) is 4.18. The van der Waals surface area contributed by atoms with Gasteiger partial charge in [0, 0.05) is 18.2 Å². The lowest BCUT2D eigenvalue weighted by Crippen LogP contribution is -2.62. The van der Waals surface area contributed by atoms with E-state index in [0.29, 0.717) is 12.8 Å². The fourth-order valence-corrected chi connectivity index (χ4v) is 2.63. The summed E-state index contributed by atoms with van der Waals surface area (Å²) in [6.45, 7) is 7.68. The molecule has 0 aliphatic carbocycles. The highest BCUT2D eigenvalue weighted by Gasteiger charge is 2.47. The minimum atomic E-state index is -0.753. The van der Waals surface area contributed by atoms with E-state index in [1.165, 1.54) is 5.06 Å². The van der Waals surface area contributed by atoms with Crippen LogP contribution in [0, 0.1) is 10.1 Å². The molecule has 6 nitrogen and oxygen atoms in total. The largest absolute Gasteiger partial charge is 0.381 e. The van der Waals surface area contributed by atoms with Crippen molar-refractivity contribution in [1.82, 2.24) is 5.06 Å². The van der Waals surface area contributed by atoms with Crippen LogP contribution >= 0.6 is 0 Å². The maximum atomic E-state index is 10.5. The van der Waals surface area contributed by atoms with Crippen LogP contribution in [0.15, 0.2) is 0 Å². The quantitative estimate of drug-likeness (QED) is 0.548. The zero-order valence-electron chi connectivity index (χ0n) is 10.5. The van der Waals surface area contributed by atoms with Gasteiger partial charge in [-0.05, 0) is 40.5 Å². The molecule has 0 unspecified atom stereocenters. The minimum absolute atomic E-state index is 0.108. The van der Waals surface area contributed by atoms with E-state index in [9.17, 15) is 10.1 Å². The van der Waals surface area contributed by atoms with Crippen molar-refractivity contribution in [2.24, 2.45) is 0 Å². The van der Waals surface area contributed by atoms with Crippen molar-refractivity contribution in [2.75, 3.05) is 7.11 Å². The fourth-order valence-electron chi connectivity index (χ4n) is 2.63. The lowest BCUT2D eigenvalue weighted by Gasteiger charge is -2.51. The van der Waals surface area contributed by atoms with Gasteiger partial charge in [-0.3, -0.25) is 0 Å². The van der Waals surface area contributed by atoms with Gasteiger partial charge in [0.15, 0.2) is 0 Å². The molecule has 94 valence electrons. The molecule has 0 saturated carbocycles. The van der Waals surface area contributed by atoms with Crippen LogP contribution < -0.4 is 0 Å². The van der Waals surface area contributed by atoms with Crippen molar-refractivity contribution in [1.29, 1.82) is 0 Å². The Bertz CT molecular complexity index is 260. The summed E-state index contributed by atoms with van der Waals surface area (Å²) in [4.78, 5) is 15.2. The van der Waals surface area contributed by atoms with Crippen molar-refractivity contribution < 1.29 is 14.8 Å². The Labute approximate surface area is 95.6 Å². The van der Waals surface area contributed by atoms with Gasteiger partial charge < -0.3 is 4.74 Å². The third-order valence-corrected chi connectivity index (χ3v) is 3.04. The van der Waals surface area contributed by atoms with Gasteiger partial charge in [0.25, 0.3) is 0 Å². The van der Waals surface area contributed by atoms with Crippen LogP contribution in [0.5, 0.6) is 0 Å². The maximum Gasteiger partial charge on any atom is 0.312 e. The molecule has 1 aliphatic rings. The summed E-state index contributed by atoms with van der Waals surface area (Å²) in [7, 11) is 1.67. The number of hydrogen-bond donors (Lipinski definition) is 0. The van der Waals surface area contributed by atoms with E-state index >= 15 is 0 Å². The first-order valence-corrected chi connectivity index (χ1v) is 5.35. The van der Waals surface area contributed by atoms with Crippen molar-refractivity contribution in [3.63, 3.8) is 0 Å². The summed E-state index contributed by atoms with van der Waals surface area (Å²) in [6, 6.07) is 0. The summed E-state index contributed by atoms with van der Waals surface area (Å²) < 4.78 is 5.36. The van der Waals surface area contributed by atoms with Gasteiger partial charge in [-0.2, -0.15) is 0 Å². The highest BCUT2D eigenvalue weighted by Crippen LogP contribution is 2.39. The maximum absolute atomic E-state index is 10.5. The monoisotopic (exact) mass is 232 g/mol. The van der Waals surface area contributed by atoms with E-state index in [4.69, 9.17) is 9.68 Å². The van der Waals surface area contributed by atoms with Crippen LogP contribution in [0.3, 0.4) is 0 Å². The van der Waals surface area contributed by atoms with Gasteiger partial charge in [0.1, 0.15) is 0 Å². The Hall–Kier alpha value is -0.880. The molecule has 0 spiro atoms. The van der Waals surface area contributed by atoms with Crippen LogP contribution in [0.1, 0.15) is 40.5 Å². The first kappa shape index (κ1) is 13.2. The Balaban J connectivity index is 2.91. The van der Waals surface area contributed by atoms with Gasteiger partial charge in [0.05, 0.1) is 6.10 Å². The number of methoxy groups -OCH3 is 1. The summed E-state index contributed by atoms with van der Waals surface area (Å²) in [5.74, 6) is 0. The molecule has 0 bridgehead atoms. The molecular weight excluding hydrogens is 212 g/mol. The smallest absolute Gasteiger partial charge is 0.312 e. The summed E-state index contributed by atoms with van der Waals surface area (Å²) in [6.07, 6.45) is 1.53. The van der Waals surface area contributed by atoms with Crippen LogP contribution in [-0.4, -0.2) is 34.4 Å². The minimum Gasteiger partial charge on any atom is -0.381 e. The number of ether oxygens (including phenoxy) is 1. The average molecular weight is 232 g/mol. The van der Waals surface area contributed by atoms with E-state index in [-0.39, 0.29) is 6.10 Å². The first-order valence-electron chi connectivity index (χ1n) is 5.35. The zero-order valence-corrected chi connectivity index (χ0v) is 10.5. The van der Waals surface area contributed by atoms with E-state index in [1.54, 1.807) is 7.11 Å². The summed E-state index contributed by atoms with van der Waals surface area (Å²) >= 11 is 0. The van der Waals surface area contributed by atoms with Crippen LogP contribution in [0.25, 0.3) is 0 Å². The van der Waals surface area contributed by atoms with Crippen molar-refractivity contribution in [2.45, 2.75) is 57.7 Å². The number of rotatable bonds is 3. The standard InChI is InChI=1S/C10H20N2O4/c1-9(2)6-8(15-5)7-10(3,4)11(9)16-12(13)14/h8H,6-7H2,1-5H3. The van der Waals surface area contributed by atoms with E-state index in [2.05, 4.69) is 0 Å². The average Bonchev–Trinajstić information content (AvgIpc) is 2.10. The molecule has 0 radical (unpaired) electrons. The first-order chi connectivity index (χ1) is 7.19. The Morgan fingerprint density at radius 1 is 1.25 bits per heavy atom. The number of hydroxylamine groups is 2. The van der Waals surface area contributed by atoms with Crippen LogP contribution in [0.2, 0.25) is 0 Å². The van der Waals surface area contributed by atoms with Crippen LogP contribution in [0.4, 0.5) is 0 Å². The molecule has 0 aromatic heterocycles. The van der Waals surface area contributed by atoms with Crippen molar-refractivity contribution in [3.05, 3.63) is 10.1 Å². The molecule has 0 amide bonds. The second-order valence-electron chi connectivity index (χ2n) is 5.49. The third-order valence-electron chi connectivity index (χ3n) is 3.04. The molecule has 1 saturated heterocycles. The zero-order chi connectivity index (χ0) is 12.6. The molecule has 1 heterocycles.